The molecule has 0 radical (unpaired) electrons. The van der Waals surface area contributed by atoms with Gasteiger partial charge in [0.25, 0.3) is 5.56 Å². The van der Waals surface area contributed by atoms with E-state index in [1.54, 1.807) is 13.0 Å². The van der Waals surface area contributed by atoms with E-state index in [4.69, 9.17) is 23.2 Å². The number of aryl methyl sites for hydroxylation is 2. The van der Waals surface area contributed by atoms with E-state index >= 15 is 0 Å². The number of aromatic nitrogens is 3. The Morgan fingerprint density at radius 3 is 2.70 bits per heavy atom. The molecule has 1 N–H and O–H groups in total. The number of H-pyrrole nitrogens is 1. The van der Waals surface area contributed by atoms with Gasteiger partial charge in [0.2, 0.25) is 0 Å². The zero-order valence-electron chi connectivity index (χ0n) is 10.9. The molecule has 0 fully saturated rings. The number of nitrogens with one attached hydrogen (secondary N) is 1. The Labute approximate surface area is 125 Å². The lowest BCUT2D eigenvalue weighted by atomic mass is 10.1. The number of hydrogen-bond acceptors (Lipinski definition) is 2. The van der Waals surface area contributed by atoms with Gasteiger partial charge in [0.1, 0.15) is 5.02 Å². The van der Waals surface area contributed by atoms with Crippen molar-refractivity contribution in [3.63, 3.8) is 0 Å². The van der Waals surface area contributed by atoms with Gasteiger partial charge in [-0.1, -0.05) is 35.3 Å². The van der Waals surface area contributed by atoms with Crippen molar-refractivity contribution in [1.29, 1.82) is 0 Å². The minimum Gasteiger partial charge on any atom is -0.293 e. The van der Waals surface area contributed by atoms with E-state index < -0.39 is 0 Å². The maximum atomic E-state index is 12.1. The average molecular weight is 308 g/mol. The van der Waals surface area contributed by atoms with Crippen molar-refractivity contribution in [1.82, 2.24) is 14.6 Å². The lowest BCUT2D eigenvalue weighted by Gasteiger charge is -2.02. The normalized spacial score (nSPS) is 11.2. The molecular formula is C14H11Cl2N3O. The number of nitrogens with zero attached hydrogens (tertiary/aromatic N) is 2. The summed E-state index contributed by atoms with van der Waals surface area (Å²) in [7, 11) is 0. The fourth-order valence-corrected chi connectivity index (χ4v) is 2.58. The topological polar surface area (TPSA) is 50.2 Å². The largest absolute Gasteiger partial charge is 0.293 e. The van der Waals surface area contributed by atoms with E-state index in [2.05, 4.69) is 10.1 Å². The molecule has 0 bridgehead atoms. The van der Waals surface area contributed by atoms with E-state index in [0.29, 0.717) is 16.4 Å². The average Bonchev–Trinajstić information content (AvgIpc) is 2.73. The number of aromatic amines is 1. The molecule has 0 aliphatic rings. The van der Waals surface area contributed by atoms with Crippen molar-refractivity contribution in [2.45, 2.75) is 13.8 Å². The molecule has 102 valence electrons. The van der Waals surface area contributed by atoms with Gasteiger partial charge in [-0.2, -0.15) is 4.52 Å². The molecule has 0 aliphatic heterocycles. The van der Waals surface area contributed by atoms with E-state index in [1.807, 2.05) is 25.1 Å². The Balaban J connectivity index is 2.43. The molecule has 0 saturated heterocycles. The third kappa shape index (κ3) is 1.92. The highest BCUT2D eigenvalue weighted by molar-refractivity contribution is 6.31. The van der Waals surface area contributed by atoms with Crippen LogP contribution in [0.25, 0.3) is 16.8 Å². The Hall–Kier alpha value is -1.78. The van der Waals surface area contributed by atoms with Crippen LogP contribution >= 0.6 is 23.2 Å². The van der Waals surface area contributed by atoms with Crippen LogP contribution in [0.15, 0.2) is 29.1 Å². The van der Waals surface area contributed by atoms with E-state index in [9.17, 15) is 4.79 Å². The second-order valence-corrected chi connectivity index (χ2v) is 5.41. The summed E-state index contributed by atoms with van der Waals surface area (Å²) >= 11 is 12.0. The summed E-state index contributed by atoms with van der Waals surface area (Å²) in [5.41, 5.74) is 3.35. The monoisotopic (exact) mass is 307 g/mol. The fraction of sp³-hybridized carbons (Fsp3) is 0.143. The summed E-state index contributed by atoms with van der Waals surface area (Å²) in [5, 5.41) is 3.76. The summed E-state index contributed by atoms with van der Waals surface area (Å²) in [6.07, 6.45) is 0. The first-order chi connectivity index (χ1) is 9.49. The number of fused-ring (bicyclic) bond motifs is 1. The van der Waals surface area contributed by atoms with Crippen LogP contribution in [0.1, 0.15) is 11.4 Å². The van der Waals surface area contributed by atoms with Crippen molar-refractivity contribution in [2.24, 2.45) is 0 Å². The molecule has 0 spiro atoms. The molecule has 0 aliphatic carbocycles. The number of benzene rings is 1. The van der Waals surface area contributed by atoms with Gasteiger partial charge in [-0.3, -0.25) is 9.89 Å². The molecule has 0 atom stereocenters. The van der Waals surface area contributed by atoms with Crippen LogP contribution in [0.5, 0.6) is 0 Å². The van der Waals surface area contributed by atoms with Gasteiger partial charge < -0.3 is 0 Å². The third-order valence-electron chi connectivity index (χ3n) is 3.19. The van der Waals surface area contributed by atoms with Crippen molar-refractivity contribution in [2.75, 3.05) is 0 Å². The zero-order valence-corrected chi connectivity index (χ0v) is 12.4. The molecule has 0 amide bonds. The SMILES string of the molecule is Cc1nc2c(-c3cccc(Cl)c3)c(C)[nH]n2c(=O)c1Cl. The number of hydrogen-bond donors (Lipinski definition) is 1. The van der Waals surface area contributed by atoms with Gasteiger partial charge in [-0.15, -0.1) is 0 Å². The van der Waals surface area contributed by atoms with Crippen LogP contribution in [-0.4, -0.2) is 14.6 Å². The molecule has 2 aromatic heterocycles. The van der Waals surface area contributed by atoms with E-state index in [1.165, 1.54) is 4.52 Å². The first-order valence-corrected chi connectivity index (χ1v) is 6.78. The summed E-state index contributed by atoms with van der Waals surface area (Å²) in [5.74, 6) is 0. The first kappa shape index (κ1) is 13.2. The Kier molecular flexibility index (Phi) is 3.07. The summed E-state index contributed by atoms with van der Waals surface area (Å²) in [4.78, 5) is 16.6. The van der Waals surface area contributed by atoms with E-state index in [-0.39, 0.29) is 10.6 Å². The van der Waals surface area contributed by atoms with E-state index in [0.717, 1.165) is 16.8 Å². The van der Waals surface area contributed by atoms with Crippen LogP contribution in [0.3, 0.4) is 0 Å². The van der Waals surface area contributed by atoms with Gasteiger partial charge >= 0.3 is 0 Å². The minimum absolute atomic E-state index is 0.126. The molecule has 2 heterocycles. The highest BCUT2D eigenvalue weighted by atomic mass is 35.5. The van der Waals surface area contributed by atoms with Crippen LogP contribution < -0.4 is 5.56 Å². The van der Waals surface area contributed by atoms with Crippen molar-refractivity contribution < 1.29 is 0 Å². The Bertz CT molecular complexity index is 880. The van der Waals surface area contributed by atoms with Gasteiger partial charge in [0.15, 0.2) is 5.65 Å². The van der Waals surface area contributed by atoms with Crippen molar-refractivity contribution >= 4 is 28.8 Å². The van der Waals surface area contributed by atoms with Gasteiger partial charge in [0, 0.05) is 16.3 Å². The molecular weight excluding hydrogens is 297 g/mol. The predicted molar refractivity (Wildman–Crippen MR) is 80.7 cm³/mol. The quantitative estimate of drug-likeness (QED) is 0.746. The predicted octanol–water partition coefficient (Wildman–Crippen LogP) is 3.61. The maximum absolute atomic E-state index is 12.1. The van der Waals surface area contributed by atoms with Crippen LogP contribution in [-0.2, 0) is 0 Å². The van der Waals surface area contributed by atoms with Crippen LogP contribution in [0.2, 0.25) is 10.0 Å². The molecule has 6 heteroatoms. The highest BCUT2D eigenvalue weighted by Gasteiger charge is 2.16. The maximum Gasteiger partial charge on any atom is 0.291 e. The van der Waals surface area contributed by atoms with Crippen molar-refractivity contribution in [3.8, 4) is 11.1 Å². The second kappa shape index (κ2) is 4.65. The summed E-state index contributed by atoms with van der Waals surface area (Å²) in [6, 6.07) is 7.43. The molecule has 20 heavy (non-hydrogen) atoms. The molecule has 3 rings (SSSR count). The zero-order chi connectivity index (χ0) is 14.4. The first-order valence-electron chi connectivity index (χ1n) is 6.02. The second-order valence-electron chi connectivity index (χ2n) is 4.60. The lowest BCUT2D eigenvalue weighted by molar-refractivity contribution is 0.873. The van der Waals surface area contributed by atoms with Gasteiger partial charge in [0.05, 0.1) is 5.69 Å². The molecule has 0 unspecified atom stereocenters. The molecule has 1 aromatic carbocycles. The Morgan fingerprint density at radius 1 is 1.25 bits per heavy atom. The smallest absolute Gasteiger partial charge is 0.291 e. The van der Waals surface area contributed by atoms with Crippen molar-refractivity contribution in [3.05, 3.63) is 56.1 Å². The fourth-order valence-electron chi connectivity index (χ4n) is 2.26. The molecule has 3 aromatic rings. The molecule has 4 nitrogen and oxygen atoms in total. The summed E-state index contributed by atoms with van der Waals surface area (Å²) < 4.78 is 1.36. The molecule has 0 saturated carbocycles. The number of halogens is 2. The van der Waals surface area contributed by atoms with Gasteiger partial charge in [-0.25, -0.2) is 4.98 Å². The summed E-state index contributed by atoms with van der Waals surface area (Å²) in [6.45, 7) is 3.60. The number of rotatable bonds is 1. The standard InChI is InChI=1S/C14H11Cl2N3O/c1-7-11(9-4-3-5-10(15)6-9)13-17-8(2)12(16)14(20)19(13)18-7/h3-6,18H,1-2H3. The van der Waals surface area contributed by atoms with Gasteiger partial charge in [-0.05, 0) is 31.5 Å². The minimum atomic E-state index is -0.300. The third-order valence-corrected chi connectivity index (χ3v) is 3.86. The lowest BCUT2D eigenvalue weighted by Crippen LogP contribution is -2.17. The van der Waals surface area contributed by atoms with Crippen LogP contribution in [0.4, 0.5) is 0 Å². The van der Waals surface area contributed by atoms with Crippen LogP contribution in [0, 0.1) is 13.8 Å². The Morgan fingerprint density at radius 2 is 2.00 bits per heavy atom. The highest BCUT2D eigenvalue weighted by Crippen LogP contribution is 2.29.